The van der Waals surface area contributed by atoms with Gasteiger partial charge in [-0.2, -0.15) is 0 Å². The number of nitrogens with zero attached hydrogens (tertiary/aromatic N) is 4. The van der Waals surface area contributed by atoms with Crippen LogP contribution in [0.25, 0.3) is 0 Å². The van der Waals surface area contributed by atoms with E-state index in [0.717, 1.165) is 38.0 Å². The number of carbonyl (C=O) groups excluding carboxylic acids is 1. The number of halogens is 1. The average molecular weight is 415 g/mol. The van der Waals surface area contributed by atoms with E-state index in [9.17, 15) is 9.18 Å². The molecule has 9 heteroatoms. The number of carbonyl (C=O) groups is 1. The number of hydrogen-bond acceptors (Lipinski definition) is 7. The molecule has 2 saturated heterocycles. The molecule has 160 valence electrons. The number of anilines is 1. The van der Waals surface area contributed by atoms with Crippen LogP contribution >= 0.6 is 0 Å². The van der Waals surface area contributed by atoms with Gasteiger partial charge in [-0.3, -0.25) is 9.69 Å². The fourth-order valence-electron chi connectivity index (χ4n) is 3.91. The van der Waals surface area contributed by atoms with Gasteiger partial charge in [0.2, 0.25) is 11.9 Å². The lowest BCUT2D eigenvalue weighted by atomic mass is 10.0. The van der Waals surface area contributed by atoms with Gasteiger partial charge in [-0.1, -0.05) is 0 Å². The van der Waals surface area contributed by atoms with Crippen LogP contribution in [-0.4, -0.2) is 70.7 Å². The Balaban J connectivity index is 1.26. The summed E-state index contributed by atoms with van der Waals surface area (Å²) < 4.78 is 24.4. The van der Waals surface area contributed by atoms with E-state index in [0.29, 0.717) is 18.9 Å². The Bertz CT molecular complexity index is 841. The van der Waals surface area contributed by atoms with Crippen LogP contribution in [0.1, 0.15) is 18.4 Å². The third-order valence-electron chi connectivity index (χ3n) is 5.54. The van der Waals surface area contributed by atoms with Crippen molar-refractivity contribution in [3.63, 3.8) is 0 Å². The van der Waals surface area contributed by atoms with Gasteiger partial charge < -0.3 is 20.1 Å². The highest BCUT2D eigenvalue weighted by Gasteiger charge is 2.33. The van der Waals surface area contributed by atoms with Crippen LogP contribution in [0.2, 0.25) is 0 Å². The molecule has 2 fully saturated rings. The van der Waals surface area contributed by atoms with Crippen LogP contribution in [0.4, 0.5) is 10.3 Å². The summed E-state index contributed by atoms with van der Waals surface area (Å²) in [5.41, 5.74) is 6.57. The highest BCUT2D eigenvalue weighted by molar-refractivity contribution is 5.78. The zero-order chi connectivity index (χ0) is 20.9. The van der Waals surface area contributed by atoms with Crippen LogP contribution < -0.4 is 10.5 Å². The van der Waals surface area contributed by atoms with Crippen LogP contribution in [-0.2, 0) is 16.1 Å². The molecule has 2 aliphatic heterocycles. The van der Waals surface area contributed by atoms with Crippen LogP contribution in [0.15, 0.2) is 36.7 Å². The van der Waals surface area contributed by atoms with Gasteiger partial charge in [0, 0.05) is 43.6 Å². The molecule has 0 unspecified atom stereocenters. The first kappa shape index (κ1) is 20.5. The molecule has 2 N–H and O–H groups in total. The zero-order valence-corrected chi connectivity index (χ0v) is 16.7. The Hall–Kier alpha value is -2.78. The van der Waals surface area contributed by atoms with E-state index in [2.05, 4.69) is 14.9 Å². The normalized spacial score (nSPS) is 21.0. The lowest BCUT2D eigenvalue weighted by molar-refractivity contribution is -0.155. The molecule has 0 bridgehead atoms. The second kappa shape index (κ2) is 9.36. The molecule has 4 rings (SSSR count). The average Bonchev–Trinajstić information content (AvgIpc) is 2.76. The summed E-state index contributed by atoms with van der Waals surface area (Å²) in [5.74, 6) is 0.589. The highest BCUT2D eigenvalue weighted by atomic mass is 19.1. The van der Waals surface area contributed by atoms with Gasteiger partial charge in [-0.25, -0.2) is 14.4 Å². The SMILES string of the molecule is Nc1ncc(CN2CCC(N3C[C@@H](COc4ccc(F)cc4)OCC3=O)CC2)cn1. The number of likely N-dealkylation sites (tertiary alicyclic amines) is 1. The number of morpholine rings is 1. The molecule has 0 aliphatic carbocycles. The highest BCUT2D eigenvalue weighted by Crippen LogP contribution is 2.22. The summed E-state index contributed by atoms with van der Waals surface area (Å²) in [6.07, 6.45) is 5.13. The Labute approximate surface area is 174 Å². The smallest absolute Gasteiger partial charge is 0.248 e. The predicted octanol–water partition coefficient (Wildman–Crippen LogP) is 1.47. The Morgan fingerprint density at radius 1 is 1.17 bits per heavy atom. The first-order valence-corrected chi connectivity index (χ1v) is 10.1. The molecular formula is C21H26FN5O3. The number of amides is 1. The van der Waals surface area contributed by atoms with E-state index in [1.54, 1.807) is 24.5 Å². The van der Waals surface area contributed by atoms with Crippen molar-refractivity contribution in [2.75, 3.05) is 38.6 Å². The van der Waals surface area contributed by atoms with Crippen molar-refractivity contribution in [3.05, 3.63) is 48.0 Å². The number of ether oxygens (including phenoxy) is 2. The van der Waals surface area contributed by atoms with Crippen molar-refractivity contribution in [1.82, 2.24) is 19.8 Å². The van der Waals surface area contributed by atoms with Gasteiger partial charge in [0.25, 0.3) is 0 Å². The van der Waals surface area contributed by atoms with Crippen molar-refractivity contribution in [2.24, 2.45) is 0 Å². The van der Waals surface area contributed by atoms with E-state index in [-0.39, 0.29) is 36.4 Å². The van der Waals surface area contributed by atoms with Crippen molar-refractivity contribution in [3.8, 4) is 5.75 Å². The lowest BCUT2D eigenvalue weighted by Gasteiger charge is -2.42. The molecule has 1 aromatic heterocycles. The topological polar surface area (TPSA) is 93.8 Å². The number of aromatic nitrogens is 2. The maximum Gasteiger partial charge on any atom is 0.248 e. The van der Waals surface area contributed by atoms with Crippen molar-refractivity contribution < 1.29 is 18.7 Å². The van der Waals surface area contributed by atoms with Crippen molar-refractivity contribution in [2.45, 2.75) is 31.5 Å². The van der Waals surface area contributed by atoms with Gasteiger partial charge in [-0.05, 0) is 37.1 Å². The van der Waals surface area contributed by atoms with E-state index in [1.807, 2.05) is 4.90 Å². The summed E-state index contributed by atoms with van der Waals surface area (Å²) >= 11 is 0. The summed E-state index contributed by atoms with van der Waals surface area (Å²) in [6, 6.07) is 6.09. The standard InChI is InChI=1S/C21H26FN5O3/c22-16-1-3-18(4-2-16)29-13-19-12-27(20(28)14-30-19)17-5-7-26(8-6-17)11-15-9-24-21(23)25-10-15/h1-4,9-10,17,19H,5-8,11-14H2,(H2,23,24,25)/t19-/m0/s1. The molecule has 8 nitrogen and oxygen atoms in total. The largest absolute Gasteiger partial charge is 0.491 e. The van der Waals surface area contributed by atoms with Crippen molar-refractivity contribution in [1.29, 1.82) is 0 Å². The second-order valence-electron chi connectivity index (χ2n) is 7.70. The van der Waals surface area contributed by atoms with Gasteiger partial charge in [0.1, 0.15) is 30.9 Å². The maximum absolute atomic E-state index is 13.0. The maximum atomic E-state index is 13.0. The minimum Gasteiger partial charge on any atom is -0.491 e. The molecule has 1 atom stereocenters. The summed E-state index contributed by atoms with van der Waals surface area (Å²) in [4.78, 5) is 24.8. The van der Waals surface area contributed by atoms with E-state index < -0.39 is 0 Å². The molecule has 30 heavy (non-hydrogen) atoms. The molecule has 2 aliphatic rings. The number of rotatable bonds is 6. The molecule has 2 aromatic rings. The van der Waals surface area contributed by atoms with E-state index >= 15 is 0 Å². The zero-order valence-electron chi connectivity index (χ0n) is 16.7. The van der Waals surface area contributed by atoms with E-state index in [1.165, 1.54) is 12.1 Å². The molecule has 3 heterocycles. The third-order valence-corrected chi connectivity index (χ3v) is 5.54. The quantitative estimate of drug-likeness (QED) is 0.764. The van der Waals surface area contributed by atoms with Crippen LogP contribution in [0.5, 0.6) is 5.75 Å². The van der Waals surface area contributed by atoms with Gasteiger partial charge in [-0.15, -0.1) is 0 Å². The number of nitrogen functional groups attached to an aromatic ring is 1. The minimum absolute atomic E-state index is 0.0263. The van der Waals surface area contributed by atoms with Gasteiger partial charge >= 0.3 is 0 Å². The Kier molecular flexibility index (Phi) is 6.39. The summed E-state index contributed by atoms with van der Waals surface area (Å²) in [6.45, 7) is 3.48. The molecule has 1 amide bonds. The van der Waals surface area contributed by atoms with Crippen molar-refractivity contribution >= 4 is 11.9 Å². The number of hydrogen-bond donors (Lipinski definition) is 1. The minimum atomic E-state index is -0.302. The first-order chi connectivity index (χ1) is 14.6. The third kappa shape index (κ3) is 5.22. The first-order valence-electron chi connectivity index (χ1n) is 10.1. The second-order valence-corrected chi connectivity index (χ2v) is 7.70. The summed E-state index contributed by atoms with van der Waals surface area (Å²) in [7, 11) is 0. The molecular weight excluding hydrogens is 389 g/mol. The lowest BCUT2D eigenvalue weighted by Crippen LogP contribution is -2.55. The predicted molar refractivity (Wildman–Crippen MR) is 108 cm³/mol. The molecule has 1 aromatic carbocycles. The molecule has 0 saturated carbocycles. The summed E-state index contributed by atoms with van der Waals surface area (Å²) in [5, 5.41) is 0. The van der Waals surface area contributed by atoms with Gasteiger partial charge in [0.05, 0.1) is 6.54 Å². The van der Waals surface area contributed by atoms with E-state index in [4.69, 9.17) is 15.2 Å². The van der Waals surface area contributed by atoms with Gasteiger partial charge in [0.15, 0.2) is 0 Å². The van der Waals surface area contributed by atoms with Crippen LogP contribution in [0.3, 0.4) is 0 Å². The Morgan fingerprint density at radius 3 is 2.57 bits per heavy atom. The van der Waals surface area contributed by atoms with Crippen LogP contribution in [0, 0.1) is 5.82 Å². The number of piperidine rings is 1. The fraction of sp³-hybridized carbons (Fsp3) is 0.476. The molecule has 0 spiro atoms. The number of benzene rings is 1. The Morgan fingerprint density at radius 2 is 1.87 bits per heavy atom. The molecule has 0 radical (unpaired) electrons. The monoisotopic (exact) mass is 415 g/mol. The number of nitrogens with two attached hydrogens (primary N) is 1. The fourth-order valence-corrected chi connectivity index (χ4v) is 3.91.